The Morgan fingerprint density at radius 1 is 1.29 bits per heavy atom. The van der Waals surface area contributed by atoms with Crippen molar-refractivity contribution in [1.82, 2.24) is 4.90 Å². The van der Waals surface area contributed by atoms with Crippen LogP contribution in [0.25, 0.3) is 11.6 Å². The molecule has 0 atom stereocenters. The molecule has 0 bridgehead atoms. The van der Waals surface area contributed by atoms with Crippen molar-refractivity contribution in [2.75, 3.05) is 25.1 Å². The summed E-state index contributed by atoms with van der Waals surface area (Å²) >= 11 is 0.841. The largest absolute Gasteiger partial charge is 0.465 e. The summed E-state index contributed by atoms with van der Waals surface area (Å²) in [5, 5.41) is -0.458. The number of fused-ring (bicyclic) bond motifs is 1. The smallest absolute Gasteiger partial charge is 0.326 e. The summed E-state index contributed by atoms with van der Waals surface area (Å²) in [5.74, 6) is -1.06. The van der Waals surface area contributed by atoms with Gasteiger partial charge < -0.3 is 9.64 Å². The van der Waals surface area contributed by atoms with Gasteiger partial charge in [-0.2, -0.15) is 0 Å². The SMILES string of the molecule is CCOC(=O)CN1C(=O)S/C(=C\c2ccc3c(c2)C(C)=CC(C)(C)N3C)C1=O. The Labute approximate surface area is 169 Å². The zero-order valence-electron chi connectivity index (χ0n) is 16.7. The van der Waals surface area contributed by atoms with E-state index in [0.717, 1.165) is 33.5 Å². The molecule has 3 rings (SSSR count). The van der Waals surface area contributed by atoms with Crippen LogP contribution < -0.4 is 4.90 Å². The van der Waals surface area contributed by atoms with Gasteiger partial charge in [0, 0.05) is 18.3 Å². The number of hydrogen-bond acceptors (Lipinski definition) is 6. The van der Waals surface area contributed by atoms with Gasteiger partial charge in [-0.05, 0) is 68.8 Å². The molecule has 1 aromatic carbocycles. The van der Waals surface area contributed by atoms with Crippen LogP contribution in [0.3, 0.4) is 0 Å². The number of hydrogen-bond donors (Lipinski definition) is 0. The van der Waals surface area contributed by atoms with Gasteiger partial charge in [0.2, 0.25) is 0 Å². The number of nitrogens with zero attached hydrogens (tertiary/aromatic N) is 2. The van der Waals surface area contributed by atoms with Crippen molar-refractivity contribution in [2.24, 2.45) is 0 Å². The molecule has 0 radical (unpaired) electrons. The molecular formula is C21H24N2O4S. The van der Waals surface area contributed by atoms with Gasteiger partial charge in [0.15, 0.2) is 0 Å². The molecule has 0 N–H and O–H groups in total. The first-order valence-corrected chi connectivity index (χ1v) is 9.94. The summed E-state index contributed by atoms with van der Waals surface area (Å²) in [7, 11) is 2.06. The Bertz CT molecular complexity index is 917. The van der Waals surface area contributed by atoms with Gasteiger partial charge >= 0.3 is 5.97 Å². The zero-order chi connectivity index (χ0) is 20.6. The average Bonchev–Trinajstić information content (AvgIpc) is 2.87. The Hall–Kier alpha value is -2.54. The molecule has 148 valence electrons. The van der Waals surface area contributed by atoms with Gasteiger partial charge in [0.25, 0.3) is 11.1 Å². The minimum atomic E-state index is -0.591. The highest BCUT2D eigenvalue weighted by molar-refractivity contribution is 8.18. The molecular weight excluding hydrogens is 376 g/mol. The third kappa shape index (κ3) is 3.71. The second-order valence-electron chi connectivity index (χ2n) is 7.39. The summed E-state index contributed by atoms with van der Waals surface area (Å²) < 4.78 is 4.83. The fraction of sp³-hybridized carbons (Fsp3) is 0.381. The van der Waals surface area contributed by atoms with Crippen LogP contribution in [0.4, 0.5) is 10.5 Å². The minimum absolute atomic E-state index is 0.0750. The van der Waals surface area contributed by atoms with E-state index in [4.69, 9.17) is 4.74 Å². The van der Waals surface area contributed by atoms with Crippen molar-refractivity contribution in [3.8, 4) is 0 Å². The summed E-state index contributed by atoms with van der Waals surface area (Å²) in [6.07, 6.45) is 3.91. The van der Waals surface area contributed by atoms with Crippen LogP contribution in [-0.4, -0.2) is 47.8 Å². The van der Waals surface area contributed by atoms with E-state index in [0.29, 0.717) is 4.91 Å². The number of rotatable bonds is 4. The average molecular weight is 401 g/mol. The fourth-order valence-corrected chi connectivity index (χ4v) is 4.23. The number of carbonyl (C=O) groups excluding carboxylic acids is 3. The molecule has 0 unspecified atom stereocenters. The van der Waals surface area contributed by atoms with Crippen LogP contribution in [0.2, 0.25) is 0 Å². The maximum atomic E-state index is 12.5. The predicted octanol–water partition coefficient (Wildman–Crippen LogP) is 3.92. The highest BCUT2D eigenvalue weighted by Crippen LogP contribution is 2.39. The Kier molecular flexibility index (Phi) is 5.39. The van der Waals surface area contributed by atoms with E-state index in [1.807, 2.05) is 18.2 Å². The molecule has 2 aliphatic heterocycles. The predicted molar refractivity (Wildman–Crippen MR) is 112 cm³/mol. The number of thioether (sulfide) groups is 1. The number of likely N-dealkylation sites (N-methyl/N-ethyl adjacent to an activating group) is 1. The Balaban J connectivity index is 1.87. The van der Waals surface area contributed by atoms with Crippen LogP contribution >= 0.6 is 11.8 Å². The molecule has 2 heterocycles. The maximum absolute atomic E-state index is 12.5. The van der Waals surface area contributed by atoms with Gasteiger partial charge in [-0.15, -0.1) is 0 Å². The number of benzene rings is 1. The van der Waals surface area contributed by atoms with Crippen molar-refractivity contribution >= 4 is 46.2 Å². The molecule has 6 nitrogen and oxygen atoms in total. The number of allylic oxidation sites excluding steroid dienone is 1. The van der Waals surface area contributed by atoms with Crippen LogP contribution in [0, 0.1) is 0 Å². The summed E-state index contributed by atoms with van der Waals surface area (Å²) in [5.41, 5.74) is 4.15. The van der Waals surface area contributed by atoms with E-state index in [9.17, 15) is 14.4 Å². The molecule has 2 amide bonds. The van der Waals surface area contributed by atoms with Crippen molar-refractivity contribution in [1.29, 1.82) is 0 Å². The lowest BCUT2D eigenvalue weighted by molar-refractivity contribution is -0.145. The topological polar surface area (TPSA) is 66.9 Å². The zero-order valence-corrected chi connectivity index (χ0v) is 17.6. The number of amides is 2. The van der Waals surface area contributed by atoms with Crippen molar-refractivity contribution in [2.45, 2.75) is 33.2 Å². The van der Waals surface area contributed by atoms with E-state index >= 15 is 0 Å². The van der Waals surface area contributed by atoms with E-state index in [-0.39, 0.29) is 18.7 Å². The quantitative estimate of drug-likeness (QED) is 0.564. The normalized spacial score (nSPS) is 19.8. The molecule has 28 heavy (non-hydrogen) atoms. The van der Waals surface area contributed by atoms with Gasteiger partial charge in [-0.3, -0.25) is 19.3 Å². The van der Waals surface area contributed by atoms with Crippen molar-refractivity contribution < 1.29 is 19.1 Å². The standard InChI is InChI=1S/C21H24N2O4S/c1-6-27-18(24)12-23-19(25)17(28-20(23)26)10-14-7-8-16-15(9-14)13(2)11-21(3,4)22(16)5/h7-11H,6,12H2,1-5H3/b17-10-. The lowest BCUT2D eigenvalue weighted by Crippen LogP contribution is -2.42. The van der Waals surface area contributed by atoms with Crippen LogP contribution in [0.15, 0.2) is 29.2 Å². The van der Waals surface area contributed by atoms with Gasteiger partial charge in [-0.25, -0.2) is 0 Å². The monoisotopic (exact) mass is 400 g/mol. The van der Waals surface area contributed by atoms with E-state index in [2.05, 4.69) is 38.8 Å². The first-order valence-electron chi connectivity index (χ1n) is 9.12. The number of esters is 1. The molecule has 1 fully saturated rings. The molecule has 7 heteroatoms. The van der Waals surface area contributed by atoms with Gasteiger partial charge in [-0.1, -0.05) is 12.1 Å². The fourth-order valence-electron chi connectivity index (χ4n) is 3.39. The van der Waals surface area contributed by atoms with Crippen molar-refractivity contribution in [3.05, 3.63) is 40.3 Å². The Morgan fingerprint density at radius 3 is 2.68 bits per heavy atom. The lowest BCUT2D eigenvalue weighted by atomic mass is 9.88. The third-order valence-electron chi connectivity index (χ3n) is 5.00. The van der Waals surface area contributed by atoms with E-state index in [1.54, 1.807) is 13.0 Å². The summed E-state index contributed by atoms with van der Waals surface area (Å²) in [6, 6.07) is 5.98. The molecule has 1 saturated heterocycles. The molecule has 0 spiro atoms. The molecule has 0 saturated carbocycles. The number of carbonyl (C=O) groups is 3. The second-order valence-corrected chi connectivity index (χ2v) is 8.38. The highest BCUT2D eigenvalue weighted by Gasteiger charge is 2.36. The van der Waals surface area contributed by atoms with Gasteiger partial charge in [0.05, 0.1) is 17.1 Å². The second kappa shape index (κ2) is 7.47. The highest BCUT2D eigenvalue weighted by atomic mass is 32.2. The first kappa shape index (κ1) is 20.2. The maximum Gasteiger partial charge on any atom is 0.326 e. The number of ether oxygens (including phenoxy) is 1. The lowest BCUT2D eigenvalue weighted by Gasteiger charge is -2.40. The van der Waals surface area contributed by atoms with Gasteiger partial charge in [0.1, 0.15) is 6.54 Å². The van der Waals surface area contributed by atoms with Crippen molar-refractivity contribution in [3.63, 3.8) is 0 Å². The molecule has 1 aromatic rings. The molecule has 0 aliphatic carbocycles. The number of anilines is 1. The summed E-state index contributed by atoms with van der Waals surface area (Å²) in [4.78, 5) is 39.7. The van der Waals surface area contributed by atoms with Crippen LogP contribution in [-0.2, 0) is 14.3 Å². The first-order chi connectivity index (χ1) is 13.1. The molecule has 2 aliphatic rings. The molecule has 0 aromatic heterocycles. The third-order valence-corrected chi connectivity index (χ3v) is 5.91. The van der Waals surface area contributed by atoms with Crippen LogP contribution in [0.5, 0.6) is 0 Å². The van der Waals surface area contributed by atoms with E-state index < -0.39 is 17.1 Å². The Morgan fingerprint density at radius 2 is 2.00 bits per heavy atom. The minimum Gasteiger partial charge on any atom is -0.465 e. The summed E-state index contributed by atoms with van der Waals surface area (Å²) in [6.45, 7) is 7.92. The van der Waals surface area contributed by atoms with E-state index in [1.165, 1.54) is 5.57 Å². The number of imide groups is 1. The van der Waals surface area contributed by atoms with Crippen LogP contribution in [0.1, 0.15) is 38.8 Å².